The van der Waals surface area contributed by atoms with Crippen LogP contribution >= 0.6 is 0 Å². The summed E-state index contributed by atoms with van der Waals surface area (Å²) >= 11 is 0. The molecule has 1 aliphatic carbocycles. The molecule has 2 unspecified atom stereocenters. The molecule has 0 aliphatic heterocycles. The molecule has 4 nitrogen and oxygen atoms in total. The number of amides is 1. The van der Waals surface area contributed by atoms with Crippen molar-refractivity contribution in [2.75, 3.05) is 12.0 Å². The van der Waals surface area contributed by atoms with Crippen LogP contribution in [0.2, 0.25) is 0 Å². The highest BCUT2D eigenvalue weighted by molar-refractivity contribution is 7.91. The zero-order chi connectivity index (χ0) is 9.35. The molecule has 0 aromatic heterocycles. The second kappa shape index (κ2) is 3.05. The highest BCUT2D eigenvalue weighted by atomic mass is 32.2. The third-order valence-electron chi connectivity index (χ3n) is 1.85. The Morgan fingerprint density at radius 2 is 2.08 bits per heavy atom. The van der Waals surface area contributed by atoms with Crippen molar-refractivity contribution in [2.45, 2.75) is 19.4 Å². The highest BCUT2D eigenvalue weighted by Gasteiger charge is 2.34. The first-order valence-electron chi connectivity index (χ1n) is 3.85. The molecule has 2 atom stereocenters. The molecule has 1 rings (SSSR count). The summed E-state index contributed by atoms with van der Waals surface area (Å²) in [6, 6.07) is 0.208. The van der Waals surface area contributed by atoms with E-state index in [1.807, 2.05) is 6.92 Å². The molecular weight excluding hydrogens is 178 g/mol. The van der Waals surface area contributed by atoms with Gasteiger partial charge in [-0.25, -0.2) is 8.42 Å². The molecule has 0 aromatic rings. The first-order valence-corrected chi connectivity index (χ1v) is 5.91. The van der Waals surface area contributed by atoms with Gasteiger partial charge in [-0.15, -0.1) is 0 Å². The van der Waals surface area contributed by atoms with Crippen LogP contribution in [0.5, 0.6) is 0 Å². The molecule has 0 saturated heterocycles. The lowest BCUT2D eigenvalue weighted by molar-refractivity contribution is -0.118. The molecule has 0 spiro atoms. The van der Waals surface area contributed by atoms with E-state index in [4.69, 9.17) is 0 Å². The summed E-state index contributed by atoms with van der Waals surface area (Å²) in [6.45, 7) is 2.02. The number of carbonyl (C=O) groups excluding carboxylic acids is 1. The maximum atomic E-state index is 11.0. The molecule has 0 bridgehead atoms. The molecule has 0 heterocycles. The Bertz CT molecular complexity index is 283. The predicted octanol–water partition coefficient (Wildman–Crippen LogP) is -0.444. The molecular formula is C7H13NO3S. The van der Waals surface area contributed by atoms with E-state index < -0.39 is 15.6 Å². The smallest absolute Gasteiger partial charge is 0.235 e. The lowest BCUT2D eigenvalue weighted by Crippen LogP contribution is -2.32. The van der Waals surface area contributed by atoms with E-state index in [1.165, 1.54) is 0 Å². The van der Waals surface area contributed by atoms with E-state index in [1.54, 1.807) is 0 Å². The van der Waals surface area contributed by atoms with Gasteiger partial charge in [0.05, 0.1) is 0 Å². The van der Waals surface area contributed by atoms with Gasteiger partial charge in [0, 0.05) is 12.3 Å². The average Bonchev–Trinajstić information content (AvgIpc) is 2.40. The zero-order valence-corrected chi connectivity index (χ0v) is 8.02. The average molecular weight is 191 g/mol. The van der Waals surface area contributed by atoms with Crippen molar-refractivity contribution in [3.8, 4) is 0 Å². The Labute approximate surface area is 72.3 Å². The van der Waals surface area contributed by atoms with Crippen LogP contribution in [-0.2, 0) is 14.6 Å². The van der Waals surface area contributed by atoms with Crippen LogP contribution in [0.4, 0.5) is 0 Å². The Morgan fingerprint density at radius 1 is 1.58 bits per heavy atom. The fourth-order valence-corrected chi connectivity index (χ4v) is 1.57. The van der Waals surface area contributed by atoms with Crippen molar-refractivity contribution >= 4 is 15.7 Å². The fraction of sp³-hybridized carbons (Fsp3) is 0.857. The van der Waals surface area contributed by atoms with Crippen LogP contribution in [0.15, 0.2) is 0 Å². The summed E-state index contributed by atoms with van der Waals surface area (Å²) in [6.07, 6.45) is 2.03. The van der Waals surface area contributed by atoms with Gasteiger partial charge in [0.1, 0.15) is 5.75 Å². The Morgan fingerprint density at radius 3 is 2.42 bits per heavy atom. The summed E-state index contributed by atoms with van der Waals surface area (Å²) < 4.78 is 21.3. The number of sulfone groups is 1. The van der Waals surface area contributed by atoms with Gasteiger partial charge in [-0.05, 0) is 12.3 Å². The van der Waals surface area contributed by atoms with Crippen molar-refractivity contribution in [2.24, 2.45) is 5.92 Å². The second-order valence-corrected chi connectivity index (χ2v) is 5.60. The van der Waals surface area contributed by atoms with Crippen LogP contribution in [-0.4, -0.2) is 32.4 Å². The molecule has 0 radical (unpaired) electrons. The van der Waals surface area contributed by atoms with E-state index in [0.29, 0.717) is 5.92 Å². The Kier molecular flexibility index (Phi) is 2.41. The zero-order valence-electron chi connectivity index (χ0n) is 7.20. The van der Waals surface area contributed by atoms with Crippen LogP contribution in [0.1, 0.15) is 13.3 Å². The van der Waals surface area contributed by atoms with Crippen molar-refractivity contribution in [3.05, 3.63) is 0 Å². The van der Waals surface area contributed by atoms with Gasteiger partial charge >= 0.3 is 0 Å². The first kappa shape index (κ1) is 9.51. The largest absolute Gasteiger partial charge is 0.352 e. The van der Waals surface area contributed by atoms with E-state index >= 15 is 0 Å². The third kappa shape index (κ3) is 3.21. The molecule has 12 heavy (non-hydrogen) atoms. The standard InChI is InChI=1S/C7H13NO3S/c1-5-3-6(5)8-7(9)4-12(2,10)11/h5-6H,3-4H2,1-2H3,(H,8,9). The number of rotatable bonds is 3. The van der Waals surface area contributed by atoms with Gasteiger partial charge in [0.25, 0.3) is 0 Å². The fourth-order valence-electron chi connectivity index (χ4n) is 1.01. The van der Waals surface area contributed by atoms with E-state index in [-0.39, 0.29) is 11.9 Å². The summed E-state index contributed by atoms with van der Waals surface area (Å²) in [7, 11) is -3.17. The van der Waals surface area contributed by atoms with Gasteiger partial charge in [-0.3, -0.25) is 4.79 Å². The number of hydrogen-bond acceptors (Lipinski definition) is 3. The molecule has 1 saturated carbocycles. The first-order chi connectivity index (χ1) is 5.38. The van der Waals surface area contributed by atoms with Crippen molar-refractivity contribution in [1.29, 1.82) is 0 Å². The molecule has 5 heteroatoms. The van der Waals surface area contributed by atoms with Crippen molar-refractivity contribution in [3.63, 3.8) is 0 Å². The molecule has 1 amide bonds. The number of hydrogen-bond donors (Lipinski definition) is 1. The lowest BCUT2D eigenvalue weighted by Gasteiger charge is -2.01. The number of carbonyl (C=O) groups is 1. The predicted molar refractivity (Wildman–Crippen MR) is 45.4 cm³/mol. The molecule has 1 fully saturated rings. The molecule has 70 valence electrons. The Balaban J connectivity index is 2.30. The highest BCUT2D eigenvalue weighted by Crippen LogP contribution is 2.28. The van der Waals surface area contributed by atoms with Gasteiger partial charge in [-0.1, -0.05) is 6.92 Å². The maximum absolute atomic E-state index is 11.0. The molecule has 1 aliphatic rings. The number of nitrogens with one attached hydrogen (secondary N) is 1. The summed E-state index contributed by atoms with van der Waals surface area (Å²) in [5.41, 5.74) is 0. The van der Waals surface area contributed by atoms with Gasteiger partial charge < -0.3 is 5.32 Å². The maximum Gasteiger partial charge on any atom is 0.235 e. The quantitative estimate of drug-likeness (QED) is 0.657. The van der Waals surface area contributed by atoms with Crippen LogP contribution in [0.25, 0.3) is 0 Å². The minimum Gasteiger partial charge on any atom is -0.352 e. The monoisotopic (exact) mass is 191 g/mol. The SMILES string of the molecule is CC1CC1NC(=O)CS(C)(=O)=O. The summed E-state index contributed by atoms with van der Waals surface area (Å²) in [5, 5.41) is 2.64. The van der Waals surface area contributed by atoms with E-state index in [2.05, 4.69) is 5.32 Å². The van der Waals surface area contributed by atoms with Gasteiger partial charge in [0.2, 0.25) is 5.91 Å². The molecule has 1 N–H and O–H groups in total. The minimum absolute atomic E-state index is 0.208. The van der Waals surface area contributed by atoms with Crippen molar-refractivity contribution < 1.29 is 13.2 Å². The van der Waals surface area contributed by atoms with E-state index in [9.17, 15) is 13.2 Å². The van der Waals surface area contributed by atoms with Crippen LogP contribution in [0, 0.1) is 5.92 Å². The van der Waals surface area contributed by atoms with E-state index in [0.717, 1.165) is 12.7 Å². The summed E-state index contributed by atoms with van der Waals surface area (Å²) in [4.78, 5) is 11.0. The van der Waals surface area contributed by atoms with Crippen LogP contribution < -0.4 is 5.32 Å². The van der Waals surface area contributed by atoms with Crippen LogP contribution in [0.3, 0.4) is 0 Å². The van der Waals surface area contributed by atoms with Gasteiger partial charge in [-0.2, -0.15) is 0 Å². The molecule has 0 aromatic carbocycles. The Hall–Kier alpha value is -0.580. The summed E-state index contributed by atoms with van der Waals surface area (Å²) in [5.74, 6) is -0.267. The van der Waals surface area contributed by atoms with Crippen molar-refractivity contribution in [1.82, 2.24) is 5.32 Å². The third-order valence-corrected chi connectivity index (χ3v) is 2.64. The normalized spacial score (nSPS) is 28.2. The topological polar surface area (TPSA) is 63.2 Å². The van der Waals surface area contributed by atoms with Gasteiger partial charge in [0.15, 0.2) is 9.84 Å². The second-order valence-electron chi connectivity index (χ2n) is 3.46. The minimum atomic E-state index is -3.17. The lowest BCUT2D eigenvalue weighted by atomic mass is 10.5.